The van der Waals surface area contributed by atoms with Crippen LogP contribution in [-0.2, 0) is 6.54 Å². The van der Waals surface area contributed by atoms with Crippen LogP contribution < -0.4 is 5.32 Å². The van der Waals surface area contributed by atoms with Crippen molar-refractivity contribution in [1.29, 1.82) is 0 Å². The van der Waals surface area contributed by atoms with Crippen molar-refractivity contribution in [3.8, 4) is 0 Å². The fraction of sp³-hybridized carbons (Fsp3) is 0.250. The number of nitrogens with one attached hydrogen (secondary N) is 1. The maximum absolute atomic E-state index is 13.6. The van der Waals surface area contributed by atoms with E-state index in [-0.39, 0.29) is 11.9 Å². The average Bonchev–Trinajstić information content (AvgIpc) is 2.43. The Hall–Kier alpha value is -1.19. The summed E-state index contributed by atoms with van der Waals surface area (Å²) in [6.07, 6.45) is 0.968. The summed E-state index contributed by atoms with van der Waals surface area (Å²) in [6.45, 7) is 2.67. The van der Waals surface area contributed by atoms with Gasteiger partial charge in [0, 0.05) is 22.6 Å². The summed E-state index contributed by atoms with van der Waals surface area (Å²) in [5, 5.41) is 3.41. The first kappa shape index (κ1) is 14.2. The first-order valence-electron chi connectivity index (χ1n) is 6.43. The van der Waals surface area contributed by atoms with Crippen LogP contribution >= 0.6 is 15.9 Å². The summed E-state index contributed by atoms with van der Waals surface area (Å²) in [4.78, 5) is 0. The molecule has 0 amide bonds. The Bertz CT molecular complexity index is 525. The maximum atomic E-state index is 13.6. The quantitative estimate of drug-likeness (QED) is 0.831. The molecule has 0 radical (unpaired) electrons. The molecule has 1 unspecified atom stereocenters. The lowest BCUT2D eigenvalue weighted by Gasteiger charge is -2.18. The molecule has 1 atom stereocenters. The van der Waals surface area contributed by atoms with Gasteiger partial charge in [-0.15, -0.1) is 0 Å². The van der Waals surface area contributed by atoms with Gasteiger partial charge in [-0.2, -0.15) is 0 Å². The minimum atomic E-state index is -0.152. The molecule has 0 aromatic heterocycles. The highest BCUT2D eigenvalue weighted by molar-refractivity contribution is 9.10. The van der Waals surface area contributed by atoms with Gasteiger partial charge in [0.05, 0.1) is 0 Å². The Morgan fingerprint density at radius 1 is 1.11 bits per heavy atom. The molecule has 0 fully saturated rings. The van der Waals surface area contributed by atoms with Gasteiger partial charge in [-0.1, -0.05) is 53.2 Å². The van der Waals surface area contributed by atoms with E-state index in [0.717, 1.165) is 10.9 Å². The largest absolute Gasteiger partial charge is 0.306 e. The minimum absolute atomic E-state index is 0.152. The summed E-state index contributed by atoms with van der Waals surface area (Å²) in [5.74, 6) is -0.152. The van der Waals surface area contributed by atoms with Crippen LogP contribution in [0, 0.1) is 5.82 Å². The van der Waals surface area contributed by atoms with Crippen molar-refractivity contribution in [2.75, 3.05) is 0 Å². The van der Waals surface area contributed by atoms with E-state index in [1.54, 1.807) is 6.07 Å². The van der Waals surface area contributed by atoms with E-state index < -0.39 is 0 Å². The zero-order chi connectivity index (χ0) is 13.7. The van der Waals surface area contributed by atoms with Crippen LogP contribution in [0.5, 0.6) is 0 Å². The Morgan fingerprint density at radius 3 is 2.42 bits per heavy atom. The molecule has 0 saturated carbocycles. The third kappa shape index (κ3) is 3.88. The number of benzene rings is 2. The first-order chi connectivity index (χ1) is 9.20. The minimum Gasteiger partial charge on any atom is -0.306 e. The third-order valence-electron chi connectivity index (χ3n) is 3.18. The molecule has 0 bridgehead atoms. The van der Waals surface area contributed by atoms with Crippen LogP contribution in [0.25, 0.3) is 0 Å². The molecular formula is C16H17BrFN. The predicted octanol–water partition coefficient (Wildman–Crippen LogP) is 4.83. The zero-order valence-corrected chi connectivity index (χ0v) is 12.5. The summed E-state index contributed by atoms with van der Waals surface area (Å²) in [6, 6.07) is 15.4. The highest BCUT2D eigenvalue weighted by Crippen LogP contribution is 2.20. The van der Waals surface area contributed by atoms with Crippen molar-refractivity contribution < 1.29 is 4.39 Å². The molecule has 3 heteroatoms. The van der Waals surface area contributed by atoms with Crippen molar-refractivity contribution in [1.82, 2.24) is 5.32 Å². The molecular weight excluding hydrogens is 305 g/mol. The topological polar surface area (TPSA) is 12.0 Å². The van der Waals surface area contributed by atoms with Crippen LogP contribution in [0.4, 0.5) is 4.39 Å². The van der Waals surface area contributed by atoms with E-state index >= 15 is 0 Å². The zero-order valence-electron chi connectivity index (χ0n) is 10.9. The fourth-order valence-electron chi connectivity index (χ4n) is 2.07. The number of rotatable bonds is 5. The second kappa shape index (κ2) is 6.83. The smallest absolute Gasteiger partial charge is 0.127 e. The van der Waals surface area contributed by atoms with E-state index in [4.69, 9.17) is 0 Å². The van der Waals surface area contributed by atoms with E-state index in [1.807, 2.05) is 24.3 Å². The molecule has 2 aromatic carbocycles. The SMILES string of the molecule is CCC(NCc1ccccc1F)c1ccc(Br)cc1. The van der Waals surface area contributed by atoms with Crippen molar-refractivity contribution in [2.24, 2.45) is 0 Å². The second-order valence-corrected chi connectivity index (χ2v) is 5.40. The first-order valence-corrected chi connectivity index (χ1v) is 7.22. The molecule has 100 valence electrons. The lowest BCUT2D eigenvalue weighted by Crippen LogP contribution is -2.20. The molecule has 0 aliphatic heterocycles. The number of halogens is 2. The highest BCUT2D eigenvalue weighted by Gasteiger charge is 2.09. The van der Waals surface area contributed by atoms with Crippen molar-refractivity contribution in [2.45, 2.75) is 25.9 Å². The van der Waals surface area contributed by atoms with Crippen LogP contribution in [0.2, 0.25) is 0 Å². The maximum Gasteiger partial charge on any atom is 0.127 e. The van der Waals surface area contributed by atoms with Crippen LogP contribution in [0.15, 0.2) is 53.0 Å². The molecule has 19 heavy (non-hydrogen) atoms. The third-order valence-corrected chi connectivity index (χ3v) is 3.71. The van der Waals surface area contributed by atoms with Gasteiger partial charge in [-0.25, -0.2) is 4.39 Å². The molecule has 0 aliphatic carbocycles. The van der Waals surface area contributed by atoms with Crippen molar-refractivity contribution in [3.05, 3.63) is 69.9 Å². The Kier molecular flexibility index (Phi) is 5.11. The van der Waals surface area contributed by atoms with Gasteiger partial charge < -0.3 is 5.32 Å². The molecule has 0 spiro atoms. The van der Waals surface area contributed by atoms with Gasteiger partial charge in [0.1, 0.15) is 5.82 Å². The average molecular weight is 322 g/mol. The Morgan fingerprint density at radius 2 is 1.79 bits per heavy atom. The van der Waals surface area contributed by atoms with E-state index in [9.17, 15) is 4.39 Å². The van der Waals surface area contributed by atoms with Gasteiger partial charge >= 0.3 is 0 Å². The van der Waals surface area contributed by atoms with Gasteiger partial charge in [0.25, 0.3) is 0 Å². The summed E-state index contributed by atoms with van der Waals surface area (Å²) in [5.41, 5.74) is 1.93. The molecule has 1 N–H and O–H groups in total. The number of hydrogen-bond donors (Lipinski definition) is 1. The van der Waals surface area contributed by atoms with E-state index in [1.165, 1.54) is 11.6 Å². The standard InChI is InChI=1S/C16H17BrFN/c1-2-16(12-7-9-14(17)10-8-12)19-11-13-5-3-4-6-15(13)18/h3-10,16,19H,2,11H2,1H3. The molecule has 0 heterocycles. The Balaban J connectivity index is 2.04. The normalized spacial score (nSPS) is 12.4. The van der Waals surface area contributed by atoms with E-state index in [0.29, 0.717) is 12.1 Å². The second-order valence-electron chi connectivity index (χ2n) is 4.48. The summed E-state index contributed by atoms with van der Waals surface area (Å²) < 4.78 is 14.6. The van der Waals surface area contributed by atoms with Crippen molar-refractivity contribution >= 4 is 15.9 Å². The lowest BCUT2D eigenvalue weighted by molar-refractivity contribution is 0.504. The van der Waals surface area contributed by atoms with Gasteiger partial charge in [-0.3, -0.25) is 0 Å². The van der Waals surface area contributed by atoms with Crippen LogP contribution in [0.1, 0.15) is 30.5 Å². The lowest BCUT2D eigenvalue weighted by atomic mass is 10.0. The van der Waals surface area contributed by atoms with Crippen LogP contribution in [-0.4, -0.2) is 0 Å². The van der Waals surface area contributed by atoms with Gasteiger partial charge in [0.2, 0.25) is 0 Å². The van der Waals surface area contributed by atoms with Crippen LogP contribution in [0.3, 0.4) is 0 Å². The monoisotopic (exact) mass is 321 g/mol. The van der Waals surface area contributed by atoms with Gasteiger partial charge in [-0.05, 0) is 30.2 Å². The Labute approximate surface area is 122 Å². The number of hydrogen-bond acceptors (Lipinski definition) is 1. The summed E-state index contributed by atoms with van der Waals surface area (Å²) >= 11 is 3.43. The van der Waals surface area contributed by atoms with Gasteiger partial charge in [0.15, 0.2) is 0 Å². The predicted molar refractivity (Wildman–Crippen MR) is 80.4 cm³/mol. The molecule has 2 aromatic rings. The summed E-state index contributed by atoms with van der Waals surface area (Å²) in [7, 11) is 0. The molecule has 1 nitrogen and oxygen atoms in total. The molecule has 0 aliphatic rings. The molecule has 2 rings (SSSR count). The highest BCUT2D eigenvalue weighted by atomic mass is 79.9. The molecule has 0 saturated heterocycles. The van der Waals surface area contributed by atoms with Crippen molar-refractivity contribution in [3.63, 3.8) is 0 Å². The van der Waals surface area contributed by atoms with E-state index in [2.05, 4.69) is 40.3 Å². The fourth-order valence-corrected chi connectivity index (χ4v) is 2.33.